The van der Waals surface area contributed by atoms with Crippen molar-refractivity contribution in [2.45, 2.75) is 63.3 Å². The van der Waals surface area contributed by atoms with Gasteiger partial charge in [-0.2, -0.15) is 0 Å². The highest BCUT2D eigenvalue weighted by Gasteiger charge is 2.81. The number of fused-ring (bicyclic) bond motifs is 3. The molecule has 1 aliphatic heterocycles. The number of aliphatic carboxylic acids is 1. The van der Waals surface area contributed by atoms with E-state index in [1.54, 1.807) is 6.08 Å². The summed E-state index contributed by atoms with van der Waals surface area (Å²) < 4.78 is 6.34. The van der Waals surface area contributed by atoms with Crippen molar-refractivity contribution in [3.05, 3.63) is 23.8 Å². The molecule has 5 nitrogen and oxygen atoms in total. The summed E-state index contributed by atoms with van der Waals surface area (Å²) in [4.78, 5) is 23.7. The van der Waals surface area contributed by atoms with Crippen molar-refractivity contribution in [2.24, 2.45) is 22.7 Å². The number of epoxide rings is 1. The lowest BCUT2D eigenvalue weighted by Crippen LogP contribution is -2.60. The highest BCUT2D eigenvalue weighted by atomic mass is 16.6. The fourth-order valence-corrected chi connectivity index (χ4v) is 6.91. The highest BCUT2D eigenvalue weighted by Crippen LogP contribution is 2.75. The van der Waals surface area contributed by atoms with Crippen LogP contribution < -0.4 is 0 Å². The minimum Gasteiger partial charge on any atom is -0.479 e. The second kappa shape index (κ2) is 4.26. The van der Waals surface area contributed by atoms with E-state index < -0.39 is 17.0 Å². The second-order valence-corrected chi connectivity index (χ2v) is 9.08. The first-order chi connectivity index (χ1) is 11.7. The zero-order valence-electron chi connectivity index (χ0n) is 14.6. The molecule has 0 bridgehead atoms. The summed E-state index contributed by atoms with van der Waals surface area (Å²) in [5.41, 5.74) is -1.81. The van der Waals surface area contributed by atoms with Gasteiger partial charge in [-0.25, -0.2) is 4.79 Å². The maximum Gasteiger partial charge on any atom is 0.336 e. The van der Waals surface area contributed by atoms with Crippen molar-refractivity contribution >= 4 is 11.8 Å². The van der Waals surface area contributed by atoms with Gasteiger partial charge in [0.25, 0.3) is 0 Å². The van der Waals surface area contributed by atoms with E-state index in [1.165, 1.54) is 0 Å². The Hall–Kier alpha value is -1.46. The van der Waals surface area contributed by atoms with Gasteiger partial charge in [0.05, 0.1) is 6.10 Å². The number of ketones is 1. The summed E-state index contributed by atoms with van der Waals surface area (Å²) in [5, 5.41) is 20.6. The van der Waals surface area contributed by atoms with Crippen LogP contribution in [0.4, 0.5) is 0 Å². The van der Waals surface area contributed by atoms with Gasteiger partial charge in [0.1, 0.15) is 5.60 Å². The molecule has 1 heterocycles. The van der Waals surface area contributed by atoms with E-state index in [0.717, 1.165) is 12.0 Å². The normalized spacial score (nSPS) is 55.6. The van der Waals surface area contributed by atoms with Gasteiger partial charge in [0, 0.05) is 17.3 Å². The van der Waals surface area contributed by atoms with Crippen LogP contribution in [0.3, 0.4) is 0 Å². The highest BCUT2D eigenvalue weighted by molar-refractivity contribution is 5.93. The third-order valence-corrected chi connectivity index (χ3v) is 8.40. The van der Waals surface area contributed by atoms with Gasteiger partial charge < -0.3 is 14.9 Å². The number of carboxylic acid groups (broad SMARTS) is 1. The Kier molecular flexibility index (Phi) is 2.69. The molecule has 1 spiro atoms. The molecule has 2 saturated carbocycles. The van der Waals surface area contributed by atoms with E-state index in [4.69, 9.17) is 4.74 Å². The number of aliphatic hydroxyl groups is 1. The van der Waals surface area contributed by atoms with E-state index in [9.17, 15) is 19.8 Å². The average Bonchev–Trinajstić information content (AvgIpc) is 3.20. The molecule has 0 aromatic carbocycles. The van der Waals surface area contributed by atoms with Crippen LogP contribution in [-0.2, 0) is 14.3 Å². The average molecular weight is 344 g/mol. The molecular formula is C20H24O5. The first-order valence-electron chi connectivity index (χ1n) is 9.24. The Labute approximate surface area is 146 Å². The maximum atomic E-state index is 11.9. The van der Waals surface area contributed by atoms with E-state index >= 15 is 0 Å². The smallest absolute Gasteiger partial charge is 0.336 e. The van der Waals surface area contributed by atoms with E-state index in [-0.39, 0.29) is 34.7 Å². The van der Waals surface area contributed by atoms with Crippen LogP contribution in [0.5, 0.6) is 0 Å². The van der Waals surface area contributed by atoms with Crippen LogP contribution >= 0.6 is 0 Å². The number of allylic oxidation sites excluding steroid dienone is 2. The van der Waals surface area contributed by atoms with E-state index in [0.29, 0.717) is 25.7 Å². The van der Waals surface area contributed by atoms with E-state index in [2.05, 4.69) is 13.0 Å². The standard InChI is InChI=1S/C20H24O5/c1-17-7-5-12(21)9-11(17)3-4-14-13-6-8-19(24,16(22)23)18(13,2)10-15-20(14,17)25-15/h3,5,7,13-15,24H,4,6,8-10H2,1-2H3,(H,22,23)/t13?,14?,15-,17?,18?,19-,20+/m0/s1. The molecule has 7 atom stereocenters. The molecule has 0 aromatic heterocycles. The minimum absolute atomic E-state index is 0.0470. The fraction of sp³-hybridized carbons (Fsp3) is 0.700. The zero-order valence-corrected chi connectivity index (χ0v) is 14.6. The summed E-state index contributed by atoms with van der Waals surface area (Å²) >= 11 is 0. The van der Waals surface area contributed by atoms with Crippen LogP contribution in [0, 0.1) is 22.7 Å². The Balaban J connectivity index is 1.61. The third-order valence-electron chi connectivity index (χ3n) is 8.40. The number of carbonyl (C=O) groups excluding carboxylic acids is 1. The van der Waals surface area contributed by atoms with Crippen molar-refractivity contribution in [3.8, 4) is 0 Å². The van der Waals surface area contributed by atoms with Gasteiger partial charge in [0.2, 0.25) is 0 Å². The Morgan fingerprint density at radius 3 is 2.80 bits per heavy atom. The monoisotopic (exact) mass is 344 g/mol. The number of hydrogen-bond donors (Lipinski definition) is 2. The van der Waals surface area contributed by atoms with Crippen LogP contribution in [-0.4, -0.2) is 39.3 Å². The number of carboxylic acids is 1. The molecule has 134 valence electrons. The number of rotatable bonds is 1. The van der Waals surface area contributed by atoms with Gasteiger partial charge in [0.15, 0.2) is 11.4 Å². The maximum absolute atomic E-state index is 11.9. The Morgan fingerprint density at radius 1 is 1.32 bits per heavy atom. The first kappa shape index (κ1) is 15.8. The predicted octanol–water partition coefficient (Wildman–Crippen LogP) is 2.24. The fourth-order valence-electron chi connectivity index (χ4n) is 6.91. The molecule has 3 fully saturated rings. The summed E-state index contributed by atoms with van der Waals surface area (Å²) in [6.07, 6.45) is 8.68. The molecule has 2 N–H and O–H groups in total. The van der Waals surface area contributed by atoms with Gasteiger partial charge in [-0.3, -0.25) is 4.79 Å². The van der Waals surface area contributed by atoms with Crippen molar-refractivity contribution in [3.63, 3.8) is 0 Å². The Morgan fingerprint density at radius 2 is 2.08 bits per heavy atom. The van der Waals surface area contributed by atoms with Crippen LogP contribution in [0.1, 0.15) is 46.0 Å². The third kappa shape index (κ3) is 1.50. The molecule has 5 heteroatoms. The van der Waals surface area contributed by atoms with Crippen molar-refractivity contribution in [1.82, 2.24) is 0 Å². The topological polar surface area (TPSA) is 87.1 Å². The molecular weight excluding hydrogens is 320 g/mol. The van der Waals surface area contributed by atoms with Crippen LogP contribution in [0.25, 0.3) is 0 Å². The van der Waals surface area contributed by atoms with Crippen molar-refractivity contribution < 1.29 is 24.5 Å². The molecule has 0 aromatic rings. The predicted molar refractivity (Wildman–Crippen MR) is 88.7 cm³/mol. The molecule has 4 unspecified atom stereocenters. The zero-order chi connectivity index (χ0) is 17.8. The van der Waals surface area contributed by atoms with Gasteiger partial charge >= 0.3 is 5.97 Å². The summed E-state index contributed by atoms with van der Waals surface area (Å²) in [6, 6.07) is 0. The van der Waals surface area contributed by atoms with E-state index in [1.807, 2.05) is 13.0 Å². The number of ether oxygens (including phenoxy) is 1. The Bertz CT molecular complexity index is 768. The van der Waals surface area contributed by atoms with Crippen molar-refractivity contribution in [1.29, 1.82) is 0 Å². The number of hydrogen-bond acceptors (Lipinski definition) is 4. The molecule has 5 rings (SSSR count). The van der Waals surface area contributed by atoms with Crippen molar-refractivity contribution in [2.75, 3.05) is 0 Å². The second-order valence-electron chi connectivity index (χ2n) is 9.08. The molecule has 25 heavy (non-hydrogen) atoms. The van der Waals surface area contributed by atoms with Crippen LogP contribution in [0.2, 0.25) is 0 Å². The van der Waals surface area contributed by atoms with Crippen LogP contribution in [0.15, 0.2) is 23.8 Å². The number of carbonyl (C=O) groups is 2. The minimum atomic E-state index is -1.67. The lowest BCUT2D eigenvalue weighted by molar-refractivity contribution is -0.177. The quantitative estimate of drug-likeness (QED) is 0.563. The van der Waals surface area contributed by atoms with Gasteiger partial charge in [-0.15, -0.1) is 0 Å². The van der Waals surface area contributed by atoms with Gasteiger partial charge in [-0.05, 0) is 50.5 Å². The largest absolute Gasteiger partial charge is 0.479 e. The molecule has 0 amide bonds. The SMILES string of the molecule is CC12C=CC(=O)CC1=CCC1C3CC[C@](O)(C(=O)O)C3(C)C[C@@H]3O[C@]132. The summed E-state index contributed by atoms with van der Waals surface area (Å²) in [7, 11) is 0. The molecule has 0 radical (unpaired) electrons. The molecule has 5 aliphatic rings. The summed E-state index contributed by atoms with van der Waals surface area (Å²) in [6.45, 7) is 4.10. The lowest BCUT2D eigenvalue weighted by Gasteiger charge is -2.54. The first-order valence-corrected chi connectivity index (χ1v) is 9.24. The lowest BCUT2D eigenvalue weighted by atomic mass is 9.47. The molecule has 1 saturated heterocycles. The van der Waals surface area contributed by atoms with Gasteiger partial charge in [-0.1, -0.05) is 24.6 Å². The summed E-state index contributed by atoms with van der Waals surface area (Å²) in [5.74, 6) is -0.658. The molecule has 4 aliphatic carbocycles.